The molecule has 2 heterocycles. The second-order valence-corrected chi connectivity index (χ2v) is 9.42. The Morgan fingerprint density at radius 1 is 1.03 bits per heavy atom. The zero-order valence-corrected chi connectivity index (χ0v) is 20.5. The van der Waals surface area contributed by atoms with Gasteiger partial charge in [0.15, 0.2) is 5.58 Å². The SMILES string of the molecule is COc1ccc(C(=O)Nc2ccc3oc(=O)n(CC(=O)N4CCCCC4)c3c2)c(OC2CCCC2)c1. The maximum Gasteiger partial charge on any atom is 0.420 e. The summed E-state index contributed by atoms with van der Waals surface area (Å²) in [7, 11) is 1.57. The topological polar surface area (TPSA) is 103 Å². The molecule has 1 saturated heterocycles. The molecule has 190 valence electrons. The van der Waals surface area contributed by atoms with Crippen LogP contribution in [0.1, 0.15) is 55.3 Å². The van der Waals surface area contributed by atoms with Crippen molar-refractivity contribution in [2.45, 2.75) is 57.6 Å². The molecule has 0 bridgehead atoms. The summed E-state index contributed by atoms with van der Waals surface area (Å²) in [5, 5.41) is 2.89. The van der Waals surface area contributed by atoms with Gasteiger partial charge in [-0.2, -0.15) is 0 Å². The van der Waals surface area contributed by atoms with Crippen LogP contribution in [-0.4, -0.2) is 47.6 Å². The summed E-state index contributed by atoms with van der Waals surface area (Å²) in [6.07, 6.45) is 7.29. The smallest absolute Gasteiger partial charge is 0.420 e. The number of nitrogens with one attached hydrogen (secondary N) is 1. The number of carbonyl (C=O) groups is 2. The van der Waals surface area contributed by atoms with Gasteiger partial charge in [0, 0.05) is 24.8 Å². The number of methoxy groups -OCH3 is 1. The summed E-state index contributed by atoms with van der Waals surface area (Å²) in [5.41, 5.74) is 1.70. The minimum atomic E-state index is -0.596. The number of hydrogen-bond acceptors (Lipinski definition) is 6. The lowest BCUT2D eigenvalue weighted by Crippen LogP contribution is -2.39. The standard InChI is InChI=1S/C27H31N3O6/c1-34-20-10-11-21(24(16-20)35-19-7-3-4-8-19)26(32)28-18-9-12-23-22(15-18)30(27(33)36-23)17-25(31)29-13-5-2-6-14-29/h9-12,15-16,19H,2-8,13-14,17H2,1H3,(H,28,32). The molecule has 2 amide bonds. The van der Waals surface area contributed by atoms with Gasteiger partial charge in [0.2, 0.25) is 5.91 Å². The summed E-state index contributed by atoms with van der Waals surface area (Å²) >= 11 is 0. The third kappa shape index (κ3) is 5.10. The predicted octanol–water partition coefficient (Wildman–Crippen LogP) is 4.19. The highest BCUT2D eigenvalue weighted by atomic mass is 16.5. The summed E-state index contributed by atoms with van der Waals surface area (Å²) in [5.74, 6) is 0.0443. The first-order valence-electron chi connectivity index (χ1n) is 12.6. The quantitative estimate of drug-likeness (QED) is 0.530. The number of rotatable bonds is 7. The van der Waals surface area contributed by atoms with Crippen LogP contribution in [0.4, 0.5) is 5.69 Å². The molecule has 0 spiro atoms. The molecule has 2 fully saturated rings. The third-order valence-electron chi connectivity index (χ3n) is 6.96. The number of amides is 2. The average Bonchev–Trinajstić information content (AvgIpc) is 3.52. The molecule has 36 heavy (non-hydrogen) atoms. The van der Waals surface area contributed by atoms with Gasteiger partial charge in [-0.05, 0) is 75.3 Å². The number of nitrogens with zero attached hydrogens (tertiary/aromatic N) is 2. The Morgan fingerprint density at radius 2 is 1.81 bits per heavy atom. The van der Waals surface area contributed by atoms with Crippen molar-refractivity contribution in [1.82, 2.24) is 9.47 Å². The number of benzene rings is 2. The molecule has 1 aliphatic carbocycles. The minimum Gasteiger partial charge on any atom is -0.497 e. The van der Waals surface area contributed by atoms with Crippen molar-refractivity contribution in [1.29, 1.82) is 0 Å². The number of ether oxygens (including phenoxy) is 2. The number of oxazole rings is 1. The van der Waals surface area contributed by atoms with Gasteiger partial charge in [0.05, 0.1) is 24.3 Å². The van der Waals surface area contributed by atoms with Gasteiger partial charge in [0.1, 0.15) is 18.0 Å². The fourth-order valence-corrected chi connectivity index (χ4v) is 4.97. The minimum absolute atomic E-state index is 0.0813. The van der Waals surface area contributed by atoms with Gasteiger partial charge in [-0.3, -0.25) is 14.2 Å². The van der Waals surface area contributed by atoms with Gasteiger partial charge in [-0.25, -0.2) is 4.79 Å². The number of fused-ring (bicyclic) bond motifs is 1. The fourth-order valence-electron chi connectivity index (χ4n) is 4.97. The van der Waals surface area contributed by atoms with Crippen molar-refractivity contribution < 1.29 is 23.5 Å². The number of aromatic nitrogens is 1. The molecule has 2 aliphatic rings. The van der Waals surface area contributed by atoms with E-state index in [2.05, 4.69) is 5.32 Å². The molecule has 1 N–H and O–H groups in total. The molecule has 1 aliphatic heterocycles. The maximum absolute atomic E-state index is 13.2. The molecule has 5 rings (SSSR count). The Hall–Kier alpha value is -3.75. The van der Waals surface area contributed by atoms with Crippen LogP contribution < -0.4 is 20.5 Å². The van der Waals surface area contributed by atoms with Gasteiger partial charge >= 0.3 is 5.76 Å². The summed E-state index contributed by atoms with van der Waals surface area (Å²) in [6, 6.07) is 10.1. The summed E-state index contributed by atoms with van der Waals surface area (Å²) < 4.78 is 18.1. The normalized spacial score (nSPS) is 16.3. The van der Waals surface area contributed by atoms with Crippen LogP contribution in [0, 0.1) is 0 Å². The highest BCUT2D eigenvalue weighted by Crippen LogP contribution is 2.31. The Kier molecular flexibility index (Phi) is 6.97. The van der Waals surface area contributed by atoms with Crippen molar-refractivity contribution >= 4 is 28.6 Å². The molecule has 9 nitrogen and oxygen atoms in total. The molecule has 3 aromatic rings. The lowest BCUT2D eigenvalue weighted by Gasteiger charge is -2.26. The fraction of sp³-hybridized carbons (Fsp3) is 0.444. The van der Waals surface area contributed by atoms with Crippen molar-refractivity contribution in [3.8, 4) is 11.5 Å². The van der Waals surface area contributed by atoms with E-state index in [0.29, 0.717) is 46.9 Å². The monoisotopic (exact) mass is 493 g/mol. The molecule has 2 aromatic carbocycles. The predicted molar refractivity (Wildman–Crippen MR) is 135 cm³/mol. The van der Waals surface area contributed by atoms with E-state index in [1.54, 1.807) is 48.4 Å². The molecule has 1 aromatic heterocycles. The van der Waals surface area contributed by atoms with E-state index >= 15 is 0 Å². The Morgan fingerprint density at radius 3 is 2.56 bits per heavy atom. The van der Waals surface area contributed by atoms with Crippen LogP contribution in [0.25, 0.3) is 11.1 Å². The van der Waals surface area contributed by atoms with E-state index in [1.165, 1.54) is 4.57 Å². The van der Waals surface area contributed by atoms with E-state index in [1.807, 2.05) is 0 Å². The van der Waals surface area contributed by atoms with Crippen LogP contribution in [0.15, 0.2) is 45.6 Å². The molecular formula is C27H31N3O6. The Balaban J connectivity index is 1.37. The largest absolute Gasteiger partial charge is 0.497 e. The highest BCUT2D eigenvalue weighted by molar-refractivity contribution is 6.07. The lowest BCUT2D eigenvalue weighted by molar-refractivity contribution is -0.132. The maximum atomic E-state index is 13.2. The number of hydrogen-bond donors (Lipinski definition) is 1. The van der Waals surface area contributed by atoms with Crippen LogP contribution >= 0.6 is 0 Å². The number of piperidine rings is 1. The van der Waals surface area contributed by atoms with Crippen molar-refractivity contribution in [3.63, 3.8) is 0 Å². The first-order valence-corrected chi connectivity index (χ1v) is 12.6. The van der Waals surface area contributed by atoms with E-state index in [0.717, 1.165) is 44.9 Å². The van der Waals surface area contributed by atoms with Crippen LogP contribution in [0.2, 0.25) is 0 Å². The number of carbonyl (C=O) groups excluding carboxylic acids is 2. The number of likely N-dealkylation sites (tertiary alicyclic amines) is 1. The Bertz CT molecular complexity index is 1310. The average molecular weight is 494 g/mol. The van der Waals surface area contributed by atoms with Gasteiger partial charge in [-0.15, -0.1) is 0 Å². The molecule has 0 radical (unpaired) electrons. The summed E-state index contributed by atoms with van der Waals surface area (Å²) in [4.78, 5) is 40.3. The Labute approximate surface area is 209 Å². The van der Waals surface area contributed by atoms with E-state index < -0.39 is 5.76 Å². The zero-order valence-electron chi connectivity index (χ0n) is 20.5. The van der Waals surface area contributed by atoms with Gasteiger partial charge < -0.3 is 24.1 Å². The first-order chi connectivity index (χ1) is 17.5. The number of anilines is 1. The molecular weight excluding hydrogens is 462 g/mol. The lowest BCUT2D eigenvalue weighted by atomic mass is 10.1. The van der Waals surface area contributed by atoms with Gasteiger partial charge in [0.25, 0.3) is 5.91 Å². The molecule has 9 heteroatoms. The van der Waals surface area contributed by atoms with E-state index in [-0.39, 0.29) is 24.5 Å². The van der Waals surface area contributed by atoms with Crippen molar-refractivity contribution in [3.05, 3.63) is 52.5 Å². The van der Waals surface area contributed by atoms with E-state index in [9.17, 15) is 14.4 Å². The van der Waals surface area contributed by atoms with Crippen molar-refractivity contribution in [2.75, 3.05) is 25.5 Å². The first kappa shape index (κ1) is 24.0. The zero-order chi connectivity index (χ0) is 25.1. The van der Waals surface area contributed by atoms with Crippen LogP contribution in [0.3, 0.4) is 0 Å². The second-order valence-electron chi connectivity index (χ2n) is 9.42. The van der Waals surface area contributed by atoms with Crippen LogP contribution in [-0.2, 0) is 11.3 Å². The molecule has 0 atom stereocenters. The molecule has 1 saturated carbocycles. The second kappa shape index (κ2) is 10.5. The van der Waals surface area contributed by atoms with Crippen LogP contribution in [0.5, 0.6) is 11.5 Å². The van der Waals surface area contributed by atoms with Gasteiger partial charge in [-0.1, -0.05) is 0 Å². The third-order valence-corrected chi connectivity index (χ3v) is 6.96. The highest BCUT2D eigenvalue weighted by Gasteiger charge is 2.23. The molecule has 0 unspecified atom stereocenters. The summed E-state index contributed by atoms with van der Waals surface area (Å²) in [6.45, 7) is 1.32. The van der Waals surface area contributed by atoms with Crippen molar-refractivity contribution in [2.24, 2.45) is 0 Å². The van der Waals surface area contributed by atoms with E-state index in [4.69, 9.17) is 13.9 Å².